The van der Waals surface area contributed by atoms with Crippen LogP contribution in [-0.4, -0.2) is 24.1 Å². The molecule has 4 nitrogen and oxygen atoms in total. The van der Waals surface area contributed by atoms with Gasteiger partial charge in [-0.25, -0.2) is 0 Å². The maximum Gasteiger partial charge on any atom is 0.250 e. The molecule has 0 saturated carbocycles. The lowest BCUT2D eigenvalue weighted by molar-refractivity contribution is 0.100. The molecule has 17 heavy (non-hydrogen) atoms. The van der Waals surface area contributed by atoms with E-state index in [1.54, 1.807) is 6.07 Å². The Hall–Kier alpha value is -1.55. The van der Waals surface area contributed by atoms with Crippen LogP contribution in [0.3, 0.4) is 0 Å². The lowest BCUT2D eigenvalue weighted by Gasteiger charge is -2.30. The molecule has 0 bridgehead atoms. The SMILES string of the molecule is NC(=O)c1cc(CO)ccc1N1CCCCC1. The molecule has 2 rings (SSSR count). The van der Waals surface area contributed by atoms with E-state index in [0.717, 1.165) is 37.2 Å². The van der Waals surface area contributed by atoms with Gasteiger partial charge in [-0.1, -0.05) is 6.07 Å². The first-order chi connectivity index (χ1) is 8.22. The summed E-state index contributed by atoms with van der Waals surface area (Å²) >= 11 is 0. The van der Waals surface area contributed by atoms with Crippen molar-refractivity contribution < 1.29 is 9.90 Å². The van der Waals surface area contributed by atoms with E-state index in [-0.39, 0.29) is 6.61 Å². The van der Waals surface area contributed by atoms with Crippen molar-refractivity contribution in [1.29, 1.82) is 0 Å². The molecule has 0 aromatic heterocycles. The average molecular weight is 234 g/mol. The molecular weight excluding hydrogens is 216 g/mol. The summed E-state index contributed by atoms with van der Waals surface area (Å²) in [5.41, 5.74) is 7.53. The predicted octanol–water partition coefficient (Wildman–Crippen LogP) is 1.27. The van der Waals surface area contributed by atoms with E-state index in [4.69, 9.17) is 10.8 Å². The van der Waals surface area contributed by atoms with Crippen molar-refractivity contribution in [3.63, 3.8) is 0 Å². The molecule has 1 aliphatic heterocycles. The number of carbonyl (C=O) groups is 1. The number of amides is 1. The first-order valence-corrected chi connectivity index (χ1v) is 6.01. The van der Waals surface area contributed by atoms with Gasteiger partial charge in [0, 0.05) is 18.8 Å². The molecule has 0 unspecified atom stereocenters. The number of hydrogen-bond acceptors (Lipinski definition) is 3. The van der Waals surface area contributed by atoms with Crippen molar-refractivity contribution >= 4 is 11.6 Å². The van der Waals surface area contributed by atoms with E-state index in [9.17, 15) is 4.79 Å². The van der Waals surface area contributed by atoms with Gasteiger partial charge in [-0.2, -0.15) is 0 Å². The fourth-order valence-corrected chi connectivity index (χ4v) is 2.29. The molecule has 3 N–H and O–H groups in total. The predicted molar refractivity (Wildman–Crippen MR) is 66.9 cm³/mol. The van der Waals surface area contributed by atoms with Crippen molar-refractivity contribution in [3.05, 3.63) is 29.3 Å². The zero-order valence-corrected chi connectivity index (χ0v) is 9.85. The first kappa shape index (κ1) is 11.9. The number of benzene rings is 1. The number of primary amides is 1. The Labute approximate surface area is 101 Å². The molecule has 1 aromatic rings. The van der Waals surface area contributed by atoms with Gasteiger partial charge in [-0.05, 0) is 37.0 Å². The molecule has 1 amide bonds. The maximum absolute atomic E-state index is 11.4. The monoisotopic (exact) mass is 234 g/mol. The normalized spacial score (nSPS) is 15.9. The lowest BCUT2D eigenvalue weighted by Crippen LogP contribution is -2.31. The number of nitrogens with zero attached hydrogens (tertiary/aromatic N) is 1. The minimum absolute atomic E-state index is 0.0689. The van der Waals surface area contributed by atoms with Crippen LogP contribution in [0.25, 0.3) is 0 Å². The number of rotatable bonds is 3. The van der Waals surface area contributed by atoms with Crippen molar-refractivity contribution in [2.75, 3.05) is 18.0 Å². The summed E-state index contributed by atoms with van der Waals surface area (Å²) in [6.07, 6.45) is 3.55. The van der Waals surface area contributed by atoms with Gasteiger partial charge in [0.25, 0.3) is 5.91 Å². The zero-order valence-electron chi connectivity index (χ0n) is 9.85. The highest BCUT2D eigenvalue weighted by molar-refractivity contribution is 5.98. The Kier molecular flexibility index (Phi) is 3.64. The third-order valence-corrected chi connectivity index (χ3v) is 3.21. The summed E-state index contributed by atoms with van der Waals surface area (Å²) in [5.74, 6) is -0.430. The smallest absolute Gasteiger partial charge is 0.250 e. The molecule has 0 spiro atoms. The van der Waals surface area contributed by atoms with Crippen LogP contribution in [0.4, 0.5) is 5.69 Å². The number of aliphatic hydroxyl groups is 1. The second-order valence-electron chi connectivity index (χ2n) is 4.42. The Morgan fingerprint density at radius 3 is 2.59 bits per heavy atom. The average Bonchev–Trinajstić information content (AvgIpc) is 2.39. The second kappa shape index (κ2) is 5.19. The summed E-state index contributed by atoms with van der Waals surface area (Å²) in [7, 11) is 0. The van der Waals surface area contributed by atoms with E-state index in [1.165, 1.54) is 6.42 Å². The highest BCUT2D eigenvalue weighted by Crippen LogP contribution is 2.25. The number of anilines is 1. The number of piperidine rings is 1. The van der Waals surface area contributed by atoms with Crippen LogP contribution in [0.15, 0.2) is 18.2 Å². The summed E-state index contributed by atoms with van der Waals surface area (Å²) in [6, 6.07) is 5.42. The van der Waals surface area contributed by atoms with Gasteiger partial charge in [-0.3, -0.25) is 4.79 Å². The minimum atomic E-state index is -0.430. The largest absolute Gasteiger partial charge is 0.392 e. The molecule has 92 valence electrons. The molecule has 1 aliphatic rings. The highest BCUT2D eigenvalue weighted by Gasteiger charge is 2.17. The van der Waals surface area contributed by atoms with Gasteiger partial charge >= 0.3 is 0 Å². The Morgan fingerprint density at radius 2 is 2.00 bits per heavy atom. The van der Waals surface area contributed by atoms with E-state index < -0.39 is 5.91 Å². The Morgan fingerprint density at radius 1 is 1.29 bits per heavy atom. The fraction of sp³-hybridized carbons (Fsp3) is 0.462. The topological polar surface area (TPSA) is 66.6 Å². The molecule has 0 aliphatic carbocycles. The van der Waals surface area contributed by atoms with Crippen LogP contribution in [-0.2, 0) is 6.61 Å². The molecule has 4 heteroatoms. The van der Waals surface area contributed by atoms with E-state index in [0.29, 0.717) is 5.56 Å². The third kappa shape index (κ3) is 2.58. The molecular formula is C13H18N2O2. The van der Waals surface area contributed by atoms with E-state index in [2.05, 4.69) is 4.90 Å². The van der Waals surface area contributed by atoms with Gasteiger partial charge in [-0.15, -0.1) is 0 Å². The summed E-state index contributed by atoms with van der Waals surface area (Å²) in [5, 5.41) is 9.08. The van der Waals surface area contributed by atoms with Crippen LogP contribution < -0.4 is 10.6 Å². The van der Waals surface area contributed by atoms with Crippen molar-refractivity contribution in [3.8, 4) is 0 Å². The van der Waals surface area contributed by atoms with Gasteiger partial charge in [0.2, 0.25) is 0 Å². The molecule has 1 saturated heterocycles. The number of carbonyl (C=O) groups excluding carboxylic acids is 1. The summed E-state index contributed by atoms with van der Waals surface area (Å²) < 4.78 is 0. The van der Waals surface area contributed by atoms with E-state index in [1.807, 2.05) is 12.1 Å². The Balaban J connectivity index is 2.34. The van der Waals surface area contributed by atoms with Crippen molar-refractivity contribution in [1.82, 2.24) is 0 Å². The molecule has 1 aromatic carbocycles. The van der Waals surface area contributed by atoms with Crippen LogP contribution >= 0.6 is 0 Å². The van der Waals surface area contributed by atoms with Gasteiger partial charge in [0.1, 0.15) is 0 Å². The Bertz CT molecular complexity index is 412. The zero-order chi connectivity index (χ0) is 12.3. The van der Waals surface area contributed by atoms with Crippen LogP contribution in [0, 0.1) is 0 Å². The number of hydrogen-bond donors (Lipinski definition) is 2. The van der Waals surface area contributed by atoms with Gasteiger partial charge in [0.15, 0.2) is 0 Å². The molecule has 1 heterocycles. The number of aliphatic hydroxyl groups excluding tert-OH is 1. The third-order valence-electron chi connectivity index (χ3n) is 3.21. The quantitative estimate of drug-likeness (QED) is 0.827. The summed E-state index contributed by atoms with van der Waals surface area (Å²) in [4.78, 5) is 13.6. The standard InChI is InChI=1S/C13H18N2O2/c14-13(17)11-8-10(9-16)4-5-12(11)15-6-2-1-3-7-15/h4-5,8,16H,1-3,6-7,9H2,(H2,14,17). The van der Waals surface area contributed by atoms with Crippen LogP contribution in [0.2, 0.25) is 0 Å². The summed E-state index contributed by atoms with van der Waals surface area (Å²) in [6.45, 7) is 1.87. The minimum Gasteiger partial charge on any atom is -0.392 e. The fourth-order valence-electron chi connectivity index (χ4n) is 2.29. The van der Waals surface area contributed by atoms with Gasteiger partial charge in [0.05, 0.1) is 12.2 Å². The first-order valence-electron chi connectivity index (χ1n) is 6.01. The van der Waals surface area contributed by atoms with Crippen LogP contribution in [0.5, 0.6) is 0 Å². The van der Waals surface area contributed by atoms with E-state index >= 15 is 0 Å². The van der Waals surface area contributed by atoms with Crippen molar-refractivity contribution in [2.24, 2.45) is 5.73 Å². The molecule has 1 fully saturated rings. The lowest BCUT2D eigenvalue weighted by atomic mass is 10.0. The number of nitrogens with two attached hydrogens (primary N) is 1. The maximum atomic E-state index is 11.4. The van der Waals surface area contributed by atoms with Crippen molar-refractivity contribution in [2.45, 2.75) is 25.9 Å². The second-order valence-corrected chi connectivity index (χ2v) is 4.42. The molecule has 0 radical (unpaired) electrons. The van der Waals surface area contributed by atoms with Gasteiger partial charge < -0.3 is 15.7 Å². The highest BCUT2D eigenvalue weighted by atomic mass is 16.3. The van der Waals surface area contributed by atoms with Crippen LogP contribution in [0.1, 0.15) is 35.2 Å². The molecule has 0 atom stereocenters.